The summed E-state index contributed by atoms with van der Waals surface area (Å²) in [6.07, 6.45) is 1.86. The number of nitro groups is 1. The standard InChI is InChI=1S/C12H13FN2O4/c13-7-4-5-11(15(18)19)10(6-7)14-9-3-1-2-8(9)12(16)17/h4-6,8-9,14H,1-3H2,(H,16,17). The number of carboxylic acid groups (broad SMARTS) is 1. The largest absolute Gasteiger partial charge is 0.481 e. The predicted octanol–water partition coefficient (Wildman–Crippen LogP) is 2.40. The molecule has 1 aliphatic carbocycles. The van der Waals surface area contributed by atoms with E-state index >= 15 is 0 Å². The number of halogens is 1. The highest BCUT2D eigenvalue weighted by molar-refractivity contribution is 5.73. The minimum Gasteiger partial charge on any atom is -0.481 e. The van der Waals surface area contributed by atoms with E-state index in [2.05, 4.69) is 5.32 Å². The lowest BCUT2D eigenvalue weighted by Crippen LogP contribution is -2.30. The zero-order valence-electron chi connectivity index (χ0n) is 10.0. The maximum Gasteiger partial charge on any atom is 0.308 e. The van der Waals surface area contributed by atoms with Gasteiger partial charge in [0.25, 0.3) is 5.69 Å². The van der Waals surface area contributed by atoms with Crippen LogP contribution in [0.1, 0.15) is 19.3 Å². The summed E-state index contributed by atoms with van der Waals surface area (Å²) in [4.78, 5) is 21.3. The first-order valence-corrected chi connectivity index (χ1v) is 5.92. The van der Waals surface area contributed by atoms with Crippen LogP contribution in [0.4, 0.5) is 15.8 Å². The molecule has 0 spiro atoms. The highest BCUT2D eigenvalue weighted by Gasteiger charge is 2.34. The van der Waals surface area contributed by atoms with Crippen molar-refractivity contribution >= 4 is 17.3 Å². The number of nitrogens with zero attached hydrogens (tertiary/aromatic N) is 1. The quantitative estimate of drug-likeness (QED) is 0.646. The van der Waals surface area contributed by atoms with Gasteiger partial charge in [0, 0.05) is 18.2 Å². The van der Waals surface area contributed by atoms with Crippen molar-refractivity contribution in [2.24, 2.45) is 5.92 Å². The summed E-state index contributed by atoms with van der Waals surface area (Å²) in [6, 6.07) is 2.70. The second kappa shape index (κ2) is 5.21. The van der Waals surface area contributed by atoms with Crippen molar-refractivity contribution in [3.8, 4) is 0 Å². The second-order valence-electron chi connectivity index (χ2n) is 4.55. The number of benzene rings is 1. The van der Waals surface area contributed by atoms with Crippen molar-refractivity contribution in [3.05, 3.63) is 34.1 Å². The average molecular weight is 268 g/mol. The molecule has 1 fully saturated rings. The lowest BCUT2D eigenvalue weighted by molar-refractivity contribution is -0.384. The van der Waals surface area contributed by atoms with Crippen LogP contribution in [0.25, 0.3) is 0 Å². The maximum absolute atomic E-state index is 13.2. The van der Waals surface area contributed by atoms with Crippen LogP contribution in [0.5, 0.6) is 0 Å². The Balaban J connectivity index is 2.25. The molecular weight excluding hydrogens is 255 g/mol. The van der Waals surface area contributed by atoms with Crippen LogP contribution in [-0.4, -0.2) is 22.0 Å². The van der Waals surface area contributed by atoms with Gasteiger partial charge in [-0.2, -0.15) is 0 Å². The molecule has 7 heteroatoms. The van der Waals surface area contributed by atoms with E-state index < -0.39 is 28.7 Å². The average Bonchev–Trinajstić information content (AvgIpc) is 2.76. The molecule has 0 aliphatic heterocycles. The molecule has 2 rings (SSSR count). The number of hydrogen-bond donors (Lipinski definition) is 2. The van der Waals surface area contributed by atoms with Gasteiger partial charge in [-0.25, -0.2) is 4.39 Å². The van der Waals surface area contributed by atoms with E-state index in [-0.39, 0.29) is 11.4 Å². The Bertz CT molecular complexity index is 520. The number of carboxylic acids is 1. The van der Waals surface area contributed by atoms with Gasteiger partial charge in [-0.1, -0.05) is 6.42 Å². The Morgan fingerprint density at radius 1 is 1.47 bits per heavy atom. The number of carbonyl (C=O) groups is 1. The maximum atomic E-state index is 13.2. The number of nitrogens with one attached hydrogen (secondary N) is 1. The molecule has 1 aliphatic rings. The predicted molar refractivity (Wildman–Crippen MR) is 65.4 cm³/mol. The molecule has 1 saturated carbocycles. The fourth-order valence-corrected chi connectivity index (χ4v) is 2.41. The summed E-state index contributed by atoms with van der Waals surface area (Å²) in [5, 5.41) is 22.7. The molecule has 0 aromatic heterocycles. The fraction of sp³-hybridized carbons (Fsp3) is 0.417. The van der Waals surface area contributed by atoms with E-state index in [9.17, 15) is 19.3 Å². The molecule has 19 heavy (non-hydrogen) atoms. The van der Waals surface area contributed by atoms with Gasteiger partial charge < -0.3 is 10.4 Å². The van der Waals surface area contributed by atoms with Crippen molar-refractivity contribution in [2.45, 2.75) is 25.3 Å². The number of aliphatic carboxylic acids is 1. The van der Waals surface area contributed by atoms with Gasteiger partial charge in [0.05, 0.1) is 10.8 Å². The second-order valence-corrected chi connectivity index (χ2v) is 4.55. The molecule has 0 radical (unpaired) electrons. The summed E-state index contributed by atoms with van der Waals surface area (Å²) in [5.74, 6) is -2.13. The van der Waals surface area contributed by atoms with E-state index in [1.54, 1.807) is 0 Å². The highest BCUT2D eigenvalue weighted by atomic mass is 19.1. The van der Waals surface area contributed by atoms with Crippen molar-refractivity contribution in [1.82, 2.24) is 0 Å². The normalized spacial score (nSPS) is 22.2. The Hall–Kier alpha value is -2.18. The summed E-state index contributed by atoms with van der Waals surface area (Å²) in [6.45, 7) is 0. The van der Waals surface area contributed by atoms with Gasteiger partial charge in [-0.15, -0.1) is 0 Å². The van der Waals surface area contributed by atoms with Gasteiger partial charge in [0.1, 0.15) is 11.5 Å². The lowest BCUT2D eigenvalue weighted by Gasteiger charge is -2.18. The number of anilines is 1. The minimum absolute atomic E-state index is 0.0307. The smallest absolute Gasteiger partial charge is 0.308 e. The summed E-state index contributed by atoms with van der Waals surface area (Å²) in [5.41, 5.74) is -0.222. The third-order valence-corrected chi connectivity index (χ3v) is 3.33. The molecule has 1 aromatic rings. The summed E-state index contributed by atoms with van der Waals surface area (Å²) < 4.78 is 13.2. The molecule has 2 atom stereocenters. The highest BCUT2D eigenvalue weighted by Crippen LogP contribution is 2.32. The molecule has 0 bridgehead atoms. The van der Waals surface area contributed by atoms with Crippen LogP contribution in [-0.2, 0) is 4.79 Å². The Labute approximate surface area is 108 Å². The third-order valence-electron chi connectivity index (χ3n) is 3.33. The van der Waals surface area contributed by atoms with E-state index in [4.69, 9.17) is 5.11 Å². The lowest BCUT2D eigenvalue weighted by atomic mass is 10.0. The van der Waals surface area contributed by atoms with Crippen LogP contribution in [0, 0.1) is 21.8 Å². The van der Waals surface area contributed by atoms with E-state index in [0.717, 1.165) is 24.6 Å². The molecule has 102 valence electrons. The molecule has 0 amide bonds. The minimum atomic E-state index is -0.936. The van der Waals surface area contributed by atoms with Crippen molar-refractivity contribution < 1.29 is 19.2 Å². The van der Waals surface area contributed by atoms with Crippen molar-refractivity contribution in [2.75, 3.05) is 5.32 Å². The first kappa shape index (κ1) is 13.3. The number of hydrogen-bond acceptors (Lipinski definition) is 4. The van der Waals surface area contributed by atoms with Crippen LogP contribution < -0.4 is 5.32 Å². The monoisotopic (exact) mass is 268 g/mol. The molecular formula is C12H13FN2O4. The first-order chi connectivity index (χ1) is 8.99. The molecule has 2 N–H and O–H groups in total. The fourth-order valence-electron chi connectivity index (χ4n) is 2.41. The zero-order valence-corrected chi connectivity index (χ0v) is 10.0. The topological polar surface area (TPSA) is 92.5 Å². The van der Waals surface area contributed by atoms with Gasteiger partial charge in [-0.3, -0.25) is 14.9 Å². The van der Waals surface area contributed by atoms with Crippen LogP contribution in [0.2, 0.25) is 0 Å². The molecule has 6 nitrogen and oxygen atoms in total. The van der Waals surface area contributed by atoms with E-state index in [0.29, 0.717) is 12.8 Å². The SMILES string of the molecule is O=C(O)C1CCCC1Nc1cc(F)ccc1[N+](=O)[O-]. The van der Waals surface area contributed by atoms with Crippen LogP contribution in [0.15, 0.2) is 18.2 Å². The zero-order chi connectivity index (χ0) is 14.0. The Kier molecular flexibility index (Phi) is 3.64. The van der Waals surface area contributed by atoms with Gasteiger partial charge in [0.15, 0.2) is 0 Å². The van der Waals surface area contributed by atoms with Crippen LogP contribution in [0.3, 0.4) is 0 Å². The third kappa shape index (κ3) is 2.81. The van der Waals surface area contributed by atoms with Crippen molar-refractivity contribution in [3.63, 3.8) is 0 Å². The van der Waals surface area contributed by atoms with Crippen molar-refractivity contribution in [1.29, 1.82) is 0 Å². The Morgan fingerprint density at radius 2 is 2.21 bits per heavy atom. The molecule has 2 unspecified atom stereocenters. The van der Waals surface area contributed by atoms with E-state index in [1.165, 1.54) is 0 Å². The van der Waals surface area contributed by atoms with Gasteiger partial charge in [-0.05, 0) is 18.9 Å². The Morgan fingerprint density at radius 3 is 2.84 bits per heavy atom. The summed E-state index contributed by atoms with van der Waals surface area (Å²) >= 11 is 0. The number of nitro benzene ring substituents is 1. The molecule has 1 aromatic carbocycles. The first-order valence-electron chi connectivity index (χ1n) is 5.92. The summed E-state index contributed by atoms with van der Waals surface area (Å²) in [7, 11) is 0. The molecule has 0 heterocycles. The van der Waals surface area contributed by atoms with Gasteiger partial charge in [0.2, 0.25) is 0 Å². The van der Waals surface area contributed by atoms with Gasteiger partial charge >= 0.3 is 5.97 Å². The van der Waals surface area contributed by atoms with E-state index in [1.807, 2.05) is 0 Å². The van der Waals surface area contributed by atoms with Crippen LogP contribution >= 0.6 is 0 Å². The number of rotatable bonds is 4. The molecule has 0 saturated heterocycles.